The Morgan fingerprint density at radius 1 is 1.35 bits per heavy atom. The minimum Gasteiger partial charge on any atom is -0.496 e. The molecule has 0 aromatic heterocycles. The van der Waals surface area contributed by atoms with Crippen molar-refractivity contribution in [3.05, 3.63) is 29.8 Å². The Kier molecular flexibility index (Phi) is 4.62. The average Bonchev–Trinajstić information content (AvgIpc) is 2.75. The Balaban J connectivity index is 2.45. The van der Waals surface area contributed by atoms with Crippen LogP contribution in [0.3, 0.4) is 0 Å². The topological polar surface area (TPSA) is 61.8 Å². The van der Waals surface area contributed by atoms with Crippen molar-refractivity contribution in [2.75, 3.05) is 33.3 Å². The molecule has 0 spiro atoms. The second-order valence-corrected chi connectivity index (χ2v) is 5.17. The van der Waals surface area contributed by atoms with Gasteiger partial charge in [0.15, 0.2) is 0 Å². The molecule has 0 radical (unpaired) electrons. The molecule has 5 heteroatoms. The van der Waals surface area contributed by atoms with E-state index in [-0.39, 0.29) is 0 Å². The lowest BCUT2D eigenvalue weighted by molar-refractivity contribution is -0.151. The first-order chi connectivity index (χ1) is 9.60. The first-order valence-corrected chi connectivity index (χ1v) is 6.93. The van der Waals surface area contributed by atoms with Crippen molar-refractivity contribution in [2.45, 2.75) is 18.9 Å². The largest absolute Gasteiger partial charge is 0.496 e. The molecule has 0 saturated carbocycles. The van der Waals surface area contributed by atoms with Gasteiger partial charge in [-0.15, -0.1) is 0 Å². The van der Waals surface area contributed by atoms with Crippen LogP contribution in [0, 0.1) is 0 Å². The van der Waals surface area contributed by atoms with Crippen molar-refractivity contribution >= 4 is 5.97 Å². The highest BCUT2D eigenvalue weighted by Gasteiger charge is 2.43. The molecule has 5 nitrogen and oxygen atoms in total. The maximum atomic E-state index is 12.0. The average molecular weight is 278 g/mol. The van der Waals surface area contributed by atoms with E-state index in [4.69, 9.17) is 4.74 Å². The first kappa shape index (κ1) is 14.8. The Hall–Kier alpha value is -1.59. The molecule has 110 valence electrons. The first-order valence-electron chi connectivity index (χ1n) is 6.93. The molecule has 1 heterocycles. The van der Waals surface area contributed by atoms with E-state index in [9.17, 15) is 9.90 Å². The van der Waals surface area contributed by atoms with Gasteiger partial charge in [-0.05, 0) is 26.0 Å². The highest BCUT2D eigenvalue weighted by atomic mass is 16.5. The van der Waals surface area contributed by atoms with Crippen LogP contribution in [0.2, 0.25) is 0 Å². The van der Waals surface area contributed by atoms with Crippen molar-refractivity contribution in [3.8, 4) is 5.75 Å². The number of carboxylic acids is 1. The van der Waals surface area contributed by atoms with Crippen LogP contribution in [-0.2, 0) is 10.3 Å². The van der Waals surface area contributed by atoms with Gasteiger partial charge < -0.3 is 15.2 Å². The predicted molar refractivity (Wildman–Crippen MR) is 77.0 cm³/mol. The number of ether oxygens (including phenoxy) is 1. The van der Waals surface area contributed by atoms with Crippen LogP contribution < -0.4 is 10.1 Å². The van der Waals surface area contributed by atoms with Crippen LogP contribution in [0.5, 0.6) is 5.75 Å². The fourth-order valence-corrected chi connectivity index (χ4v) is 2.76. The summed E-state index contributed by atoms with van der Waals surface area (Å²) in [5, 5.41) is 13.1. The van der Waals surface area contributed by atoms with Gasteiger partial charge in [0.2, 0.25) is 0 Å². The van der Waals surface area contributed by atoms with Crippen LogP contribution in [-0.4, -0.2) is 49.3 Å². The zero-order chi connectivity index (χ0) is 14.6. The van der Waals surface area contributed by atoms with Crippen molar-refractivity contribution in [1.29, 1.82) is 0 Å². The zero-order valence-corrected chi connectivity index (χ0v) is 12.1. The van der Waals surface area contributed by atoms with E-state index in [0.29, 0.717) is 17.9 Å². The number of aliphatic carboxylic acids is 1. The van der Waals surface area contributed by atoms with Gasteiger partial charge in [-0.2, -0.15) is 0 Å². The summed E-state index contributed by atoms with van der Waals surface area (Å²) in [7, 11) is 1.57. The van der Waals surface area contributed by atoms with E-state index in [1.54, 1.807) is 14.0 Å². The second-order valence-electron chi connectivity index (χ2n) is 5.17. The molecule has 1 fully saturated rings. The number of benzene rings is 1. The zero-order valence-electron chi connectivity index (χ0n) is 12.1. The van der Waals surface area contributed by atoms with E-state index < -0.39 is 11.5 Å². The Bertz CT molecular complexity index is 470. The van der Waals surface area contributed by atoms with Crippen LogP contribution in [0.4, 0.5) is 0 Å². The van der Waals surface area contributed by atoms with Gasteiger partial charge in [0.25, 0.3) is 0 Å². The molecule has 1 saturated heterocycles. The Labute approximate surface area is 119 Å². The number of nitrogens with one attached hydrogen (secondary N) is 1. The molecule has 0 bridgehead atoms. The van der Waals surface area contributed by atoms with Gasteiger partial charge in [0, 0.05) is 25.2 Å². The molecule has 1 atom stereocenters. The van der Waals surface area contributed by atoms with Gasteiger partial charge in [-0.1, -0.05) is 18.2 Å². The van der Waals surface area contributed by atoms with E-state index in [1.165, 1.54) is 0 Å². The van der Waals surface area contributed by atoms with E-state index >= 15 is 0 Å². The van der Waals surface area contributed by atoms with Gasteiger partial charge in [-0.25, -0.2) is 4.79 Å². The molecule has 20 heavy (non-hydrogen) atoms. The highest BCUT2D eigenvalue weighted by molar-refractivity contribution is 5.81. The maximum absolute atomic E-state index is 12.0. The van der Waals surface area contributed by atoms with Gasteiger partial charge in [0.1, 0.15) is 11.3 Å². The maximum Gasteiger partial charge on any atom is 0.328 e. The molecule has 1 aromatic rings. The van der Waals surface area contributed by atoms with Crippen molar-refractivity contribution in [3.63, 3.8) is 0 Å². The summed E-state index contributed by atoms with van der Waals surface area (Å²) in [4.78, 5) is 14.0. The fraction of sp³-hybridized carbons (Fsp3) is 0.533. The van der Waals surface area contributed by atoms with Crippen molar-refractivity contribution in [1.82, 2.24) is 10.2 Å². The lowest BCUT2D eigenvalue weighted by Gasteiger charge is -2.38. The molecule has 2 rings (SSSR count). The summed E-state index contributed by atoms with van der Waals surface area (Å²) >= 11 is 0. The highest BCUT2D eigenvalue weighted by Crippen LogP contribution is 2.35. The number of hydrogen-bond donors (Lipinski definition) is 2. The van der Waals surface area contributed by atoms with Crippen LogP contribution in [0.1, 0.15) is 18.9 Å². The monoisotopic (exact) mass is 278 g/mol. The van der Waals surface area contributed by atoms with Crippen LogP contribution >= 0.6 is 0 Å². The van der Waals surface area contributed by atoms with Crippen molar-refractivity contribution in [2.24, 2.45) is 0 Å². The molecular weight excluding hydrogens is 256 g/mol. The smallest absolute Gasteiger partial charge is 0.328 e. The molecule has 1 aliphatic rings. The number of methoxy groups -OCH3 is 1. The number of rotatable bonds is 4. The second kappa shape index (κ2) is 6.24. The van der Waals surface area contributed by atoms with Gasteiger partial charge >= 0.3 is 5.97 Å². The lowest BCUT2D eigenvalue weighted by atomic mass is 9.89. The normalized spacial score (nSPS) is 19.9. The number of carbonyl (C=O) groups is 1. The number of hydrogen-bond acceptors (Lipinski definition) is 4. The molecule has 1 unspecified atom stereocenters. The third kappa shape index (κ3) is 2.64. The van der Waals surface area contributed by atoms with E-state index in [2.05, 4.69) is 5.32 Å². The molecule has 1 aromatic carbocycles. The summed E-state index contributed by atoms with van der Waals surface area (Å²) < 4.78 is 5.36. The summed E-state index contributed by atoms with van der Waals surface area (Å²) in [6, 6.07) is 7.36. The van der Waals surface area contributed by atoms with Gasteiger partial charge in [0.05, 0.1) is 7.11 Å². The molecule has 2 N–H and O–H groups in total. The minimum absolute atomic E-state index is 0.620. The Morgan fingerprint density at radius 2 is 2.10 bits per heavy atom. The third-order valence-corrected chi connectivity index (χ3v) is 4.02. The van der Waals surface area contributed by atoms with Crippen LogP contribution in [0.25, 0.3) is 0 Å². The molecule has 0 aliphatic carbocycles. The number of nitrogens with zero attached hydrogens (tertiary/aromatic N) is 1. The van der Waals surface area contributed by atoms with Crippen molar-refractivity contribution < 1.29 is 14.6 Å². The SMILES string of the molecule is COc1ccccc1C(C)(C(=O)O)N1CCCNCC1. The molecule has 0 amide bonds. The summed E-state index contributed by atoms with van der Waals surface area (Å²) in [5.41, 5.74) is -0.365. The van der Waals surface area contributed by atoms with E-state index in [1.807, 2.05) is 29.2 Å². The summed E-state index contributed by atoms with van der Waals surface area (Å²) in [6.45, 7) is 4.96. The Morgan fingerprint density at radius 3 is 2.80 bits per heavy atom. The van der Waals surface area contributed by atoms with Gasteiger partial charge in [-0.3, -0.25) is 4.90 Å². The fourth-order valence-electron chi connectivity index (χ4n) is 2.76. The quantitative estimate of drug-likeness (QED) is 0.869. The van der Waals surface area contributed by atoms with Crippen LogP contribution in [0.15, 0.2) is 24.3 Å². The third-order valence-electron chi connectivity index (χ3n) is 4.02. The predicted octanol–water partition coefficient (Wildman–Crippen LogP) is 1.29. The minimum atomic E-state index is -1.07. The summed E-state index contributed by atoms with van der Waals surface area (Å²) in [6.07, 6.45) is 0.942. The molecular formula is C15H22N2O3. The standard InChI is InChI=1S/C15H22N2O3/c1-15(14(18)19,17-10-5-8-16-9-11-17)12-6-3-4-7-13(12)20-2/h3-4,6-7,16H,5,8-11H2,1-2H3,(H,18,19). The number of para-hydroxylation sites is 1. The summed E-state index contributed by atoms with van der Waals surface area (Å²) in [5.74, 6) is -0.224. The lowest BCUT2D eigenvalue weighted by Crippen LogP contribution is -2.51. The number of carboxylic acid groups (broad SMARTS) is 1. The van der Waals surface area contributed by atoms with E-state index in [0.717, 1.165) is 26.1 Å². The molecule has 1 aliphatic heterocycles.